The molecule has 4 N–H and O–H groups in total. The number of hydrogen-bond donors (Lipinski definition) is 4. The summed E-state index contributed by atoms with van der Waals surface area (Å²) in [5.74, 6) is -1.95. The molecule has 50 heavy (non-hydrogen) atoms. The molecule has 0 radical (unpaired) electrons. The number of nitrogens with zero attached hydrogens (tertiary/aromatic N) is 2. The minimum atomic E-state index is -1.05. The zero-order chi connectivity index (χ0) is 37.2. The first-order valence-electron chi connectivity index (χ1n) is 18.2. The van der Waals surface area contributed by atoms with Crippen LogP contribution in [0.25, 0.3) is 0 Å². The first kappa shape index (κ1) is 40.5. The van der Waals surface area contributed by atoms with Gasteiger partial charge in [-0.1, -0.05) is 65.0 Å². The number of carbonyl (C=O) groups excluding carboxylic acids is 5. The summed E-state index contributed by atoms with van der Waals surface area (Å²) in [6.07, 6.45) is 8.17. The van der Waals surface area contributed by atoms with Crippen molar-refractivity contribution in [3.63, 3.8) is 0 Å². The Balaban J connectivity index is 1.93. The zero-order valence-electron chi connectivity index (χ0n) is 31.3. The highest BCUT2D eigenvalue weighted by molar-refractivity contribution is 6.38. The molecule has 1 aromatic carbocycles. The van der Waals surface area contributed by atoms with E-state index >= 15 is 0 Å². The van der Waals surface area contributed by atoms with E-state index in [1.165, 1.54) is 24.8 Å². The molecular weight excluding hydrogens is 638 g/mol. The van der Waals surface area contributed by atoms with E-state index in [1.807, 2.05) is 53.7 Å². The molecular formula is C38H59N5O7. The van der Waals surface area contributed by atoms with Crippen LogP contribution in [0.3, 0.4) is 0 Å². The maximum atomic E-state index is 14.5. The first-order chi connectivity index (χ1) is 23.6. The third-order valence-corrected chi connectivity index (χ3v) is 10.1. The monoisotopic (exact) mass is 697 g/mol. The van der Waals surface area contributed by atoms with Gasteiger partial charge in [0.1, 0.15) is 17.8 Å². The standard InChI is InChI=1S/C38H59N5O7/c1-9-14-28(32(45)36(47)39-7)40-35(46)30-20-26(19-29(42-49)27-17-23(2)33(50-8)24(3)18-27)22-43(30)37(48)34(38(4,5)6)41-31(44)21-25-15-12-10-11-13-16-25/h17-18,25-26,28,30,34,49H,9-16,19-22H2,1-8H3,(H,39,47)(H,40,46)(H,41,44)/b42-29+/t26-,28-,30-,34+/m0/s1. The highest BCUT2D eigenvalue weighted by Crippen LogP contribution is 2.33. The molecule has 1 aliphatic heterocycles. The average molecular weight is 698 g/mol. The summed E-state index contributed by atoms with van der Waals surface area (Å²) < 4.78 is 5.50. The van der Waals surface area contributed by atoms with Crippen molar-refractivity contribution in [1.29, 1.82) is 0 Å². The molecule has 0 unspecified atom stereocenters. The first-order valence-corrected chi connectivity index (χ1v) is 18.2. The molecule has 0 spiro atoms. The summed E-state index contributed by atoms with van der Waals surface area (Å²) in [5.41, 5.74) is 2.18. The Morgan fingerprint density at radius 1 is 0.980 bits per heavy atom. The number of oxime groups is 1. The maximum Gasteiger partial charge on any atom is 0.289 e. The molecule has 1 aromatic rings. The van der Waals surface area contributed by atoms with Gasteiger partial charge in [0.25, 0.3) is 5.91 Å². The second kappa shape index (κ2) is 18.3. The van der Waals surface area contributed by atoms with E-state index in [1.54, 1.807) is 7.11 Å². The molecule has 12 heteroatoms. The van der Waals surface area contributed by atoms with Gasteiger partial charge >= 0.3 is 0 Å². The summed E-state index contributed by atoms with van der Waals surface area (Å²) in [6.45, 7) is 11.5. The van der Waals surface area contributed by atoms with E-state index in [9.17, 15) is 29.2 Å². The van der Waals surface area contributed by atoms with Crippen LogP contribution in [-0.2, 0) is 24.0 Å². The highest BCUT2D eigenvalue weighted by atomic mass is 16.5. The van der Waals surface area contributed by atoms with Crippen LogP contribution in [0.4, 0.5) is 0 Å². The zero-order valence-corrected chi connectivity index (χ0v) is 31.3. The quantitative estimate of drug-likeness (QED) is 0.0726. The summed E-state index contributed by atoms with van der Waals surface area (Å²) in [6, 6.07) is 0.810. The number of aryl methyl sites for hydroxylation is 2. The molecule has 2 aliphatic rings. The van der Waals surface area contributed by atoms with Gasteiger partial charge in [-0.2, -0.15) is 0 Å². The van der Waals surface area contributed by atoms with E-state index in [4.69, 9.17) is 4.74 Å². The number of methoxy groups -OCH3 is 1. The lowest BCUT2D eigenvalue weighted by atomic mass is 9.85. The lowest BCUT2D eigenvalue weighted by molar-refractivity contribution is -0.145. The van der Waals surface area contributed by atoms with Crippen LogP contribution in [0.2, 0.25) is 0 Å². The Labute approximate surface area is 297 Å². The summed E-state index contributed by atoms with van der Waals surface area (Å²) >= 11 is 0. The van der Waals surface area contributed by atoms with Gasteiger partial charge < -0.3 is 30.8 Å². The van der Waals surface area contributed by atoms with Crippen LogP contribution in [-0.4, -0.2) is 84.1 Å². The molecule has 2 fully saturated rings. The fourth-order valence-electron chi connectivity index (χ4n) is 7.46. The highest BCUT2D eigenvalue weighted by Gasteiger charge is 2.46. The molecule has 1 heterocycles. The molecule has 4 atom stereocenters. The predicted molar refractivity (Wildman–Crippen MR) is 192 cm³/mol. The van der Waals surface area contributed by atoms with E-state index in [-0.39, 0.29) is 43.6 Å². The van der Waals surface area contributed by atoms with Crippen molar-refractivity contribution < 1.29 is 33.9 Å². The van der Waals surface area contributed by atoms with Crippen LogP contribution in [0.1, 0.15) is 115 Å². The second-order valence-electron chi connectivity index (χ2n) is 15.2. The third-order valence-electron chi connectivity index (χ3n) is 10.1. The molecule has 12 nitrogen and oxygen atoms in total. The Kier molecular flexibility index (Phi) is 14.8. The SMILES string of the molecule is CCC[C@H](NC(=O)[C@@H]1C[C@H](C/C(=N\O)c2cc(C)c(OC)c(C)c2)CN1C(=O)[C@@H](NC(=O)CC1CCCCCC1)C(C)(C)C)C(=O)C(=O)NC. The van der Waals surface area contributed by atoms with Crippen molar-refractivity contribution in [3.8, 4) is 5.75 Å². The normalized spacial score (nSPS) is 20.0. The van der Waals surface area contributed by atoms with Crippen LogP contribution in [0.5, 0.6) is 5.75 Å². The Morgan fingerprint density at radius 3 is 2.12 bits per heavy atom. The topological polar surface area (TPSA) is 166 Å². The smallest absolute Gasteiger partial charge is 0.289 e. The van der Waals surface area contributed by atoms with Crippen LogP contribution in [0, 0.1) is 31.1 Å². The Bertz CT molecular complexity index is 1390. The van der Waals surface area contributed by atoms with Gasteiger partial charge in [0.05, 0.1) is 18.9 Å². The number of carbonyl (C=O) groups is 5. The van der Waals surface area contributed by atoms with Crippen molar-refractivity contribution in [2.24, 2.45) is 22.4 Å². The molecule has 1 aliphatic carbocycles. The van der Waals surface area contributed by atoms with Crippen LogP contribution >= 0.6 is 0 Å². The number of likely N-dealkylation sites (N-methyl/N-ethyl adjacent to an activating group) is 1. The number of amides is 4. The van der Waals surface area contributed by atoms with Gasteiger partial charge in [0.2, 0.25) is 23.5 Å². The third kappa shape index (κ3) is 10.5. The average Bonchev–Trinajstić information content (AvgIpc) is 3.32. The molecule has 1 saturated heterocycles. The number of hydrogen-bond acceptors (Lipinski definition) is 8. The fourth-order valence-corrected chi connectivity index (χ4v) is 7.46. The molecule has 0 bridgehead atoms. The molecule has 3 rings (SSSR count). The van der Waals surface area contributed by atoms with Crippen molar-refractivity contribution in [2.75, 3.05) is 20.7 Å². The fraction of sp³-hybridized carbons (Fsp3) is 0.684. The van der Waals surface area contributed by atoms with Crippen molar-refractivity contribution >= 4 is 35.1 Å². The summed E-state index contributed by atoms with van der Waals surface area (Å²) in [5, 5.41) is 21.9. The van der Waals surface area contributed by atoms with Crippen molar-refractivity contribution in [3.05, 3.63) is 28.8 Å². The van der Waals surface area contributed by atoms with Gasteiger partial charge in [0, 0.05) is 25.6 Å². The number of nitrogens with one attached hydrogen (secondary N) is 3. The Hall–Kier alpha value is -3.96. The summed E-state index contributed by atoms with van der Waals surface area (Å²) in [4.78, 5) is 68.6. The van der Waals surface area contributed by atoms with Gasteiger partial charge in [-0.15, -0.1) is 0 Å². The number of Topliss-reactive ketones (excluding diaryl/α,β-unsaturated/α-hetero) is 1. The van der Waals surface area contributed by atoms with Crippen molar-refractivity contribution in [2.45, 2.75) is 130 Å². The number of rotatable bonds is 14. The van der Waals surface area contributed by atoms with Crippen LogP contribution in [0.15, 0.2) is 17.3 Å². The number of ether oxygens (including phenoxy) is 1. The largest absolute Gasteiger partial charge is 0.496 e. The van der Waals surface area contributed by atoms with Gasteiger partial charge in [-0.3, -0.25) is 24.0 Å². The summed E-state index contributed by atoms with van der Waals surface area (Å²) in [7, 11) is 2.96. The molecule has 4 amide bonds. The van der Waals surface area contributed by atoms with Gasteiger partial charge in [0.15, 0.2) is 0 Å². The minimum absolute atomic E-state index is 0.164. The van der Waals surface area contributed by atoms with Crippen LogP contribution < -0.4 is 20.7 Å². The van der Waals surface area contributed by atoms with Gasteiger partial charge in [-0.05, 0) is 86.5 Å². The minimum Gasteiger partial charge on any atom is -0.496 e. The lowest BCUT2D eigenvalue weighted by Crippen LogP contribution is -2.59. The lowest BCUT2D eigenvalue weighted by Gasteiger charge is -2.36. The number of ketones is 1. The van der Waals surface area contributed by atoms with E-state index in [2.05, 4.69) is 21.1 Å². The Morgan fingerprint density at radius 2 is 1.60 bits per heavy atom. The maximum absolute atomic E-state index is 14.5. The molecule has 0 aromatic heterocycles. The van der Waals surface area contributed by atoms with Crippen molar-refractivity contribution in [1.82, 2.24) is 20.9 Å². The number of benzene rings is 1. The van der Waals surface area contributed by atoms with E-state index < -0.39 is 47.0 Å². The molecule has 278 valence electrons. The molecule has 1 saturated carbocycles. The van der Waals surface area contributed by atoms with E-state index in [0.717, 1.165) is 42.6 Å². The second-order valence-corrected chi connectivity index (χ2v) is 15.2. The predicted octanol–water partition coefficient (Wildman–Crippen LogP) is 4.59. The number of likely N-dealkylation sites (tertiary alicyclic amines) is 1. The van der Waals surface area contributed by atoms with Gasteiger partial charge in [-0.25, -0.2) is 0 Å². The van der Waals surface area contributed by atoms with E-state index in [0.29, 0.717) is 24.1 Å².